The zero-order valence-corrected chi connectivity index (χ0v) is 49.0. The van der Waals surface area contributed by atoms with Gasteiger partial charge in [0, 0.05) is 6.42 Å². The zero-order valence-electron chi connectivity index (χ0n) is 49.0. The molecule has 4 heteroatoms. The number of aliphatic hydroxyl groups excluding tert-OH is 2. The first-order valence-electron chi connectivity index (χ1n) is 31.5. The van der Waals surface area contributed by atoms with E-state index in [1.54, 1.807) is 6.08 Å². The lowest BCUT2D eigenvalue weighted by Gasteiger charge is -2.19. The summed E-state index contributed by atoms with van der Waals surface area (Å²) in [7, 11) is 0. The molecule has 0 aliphatic heterocycles. The minimum absolute atomic E-state index is 0.0992. The fourth-order valence-electron chi connectivity index (χ4n) is 8.83. The second-order valence-corrected chi connectivity index (χ2v) is 20.7. The van der Waals surface area contributed by atoms with E-state index >= 15 is 0 Å². The van der Waals surface area contributed by atoms with Crippen molar-refractivity contribution in [1.29, 1.82) is 0 Å². The van der Waals surface area contributed by atoms with Crippen molar-refractivity contribution in [1.82, 2.24) is 5.32 Å². The average molecular weight is 1030 g/mol. The van der Waals surface area contributed by atoms with E-state index in [9.17, 15) is 15.0 Å². The van der Waals surface area contributed by atoms with E-state index in [1.165, 1.54) is 148 Å². The minimum atomic E-state index is -0.866. The molecule has 0 heterocycles. The lowest BCUT2D eigenvalue weighted by Crippen LogP contribution is -2.45. The molecule has 0 radical (unpaired) electrons. The van der Waals surface area contributed by atoms with Crippen LogP contribution in [0.15, 0.2) is 146 Å². The van der Waals surface area contributed by atoms with E-state index < -0.39 is 12.1 Å². The van der Waals surface area contributed by atoms with Crippen molar-refractivity contribution >= 4 is 5.91 Å². The van der Waals surface area contributed by atoms with E-state index in [4.69, 9.17) is 0 Å². The third-order valence-electron chi connectivity index (χ3n) is 13.6. The standard InChI is InChI=1S/C71H119NO3/c1-3-5-7-9-11-13-15-17-19-21-23-25-27-29-31-32-33-34-35-36-37-38-39-40-41-43-45-47-49-51-53-55-57-59-61-63-65-67-71(75)72-69(68-73)70(74)66-64-62-60-58-56-54-52-50-48-46-44-42-30-28-26-24-22-20-18-16-14-12-10-8-6-4-2/h5,7,11,13,17,19,23,25,29,31,33-34,36-37,39-40,43,45,49,51,55,57,64,66,69-70,73-74H,3-4,6,8-10,12,14-16,18,20-22,24,26-28,30,32,35,38,41-42,44,46-48,50,52-54,56,58-63,65,67-68H2,1-2H3,(H,72,75)/b7-5-,13-11-,19-17-,25-23-,31-29-,34-33-,37-36-,40-39-,45-43-,51-49-,57-55-,66-64+. The molecule has 0 rings (SSSR count). The van der Waals surface area contributed by atoms with Gasteiger partial charge >= 0.3 is 0 Å². The van der Waals surface area contributed by atoms with Gasteiger partial charge in [-0.05, 0) is 103 Å². The van der Waals surface area contributed by atoms with Gasteiger partial charge in [0.05, 0.1) is 18.8 Å². The van der Waals surface area contributed by atoms with Crippen molar-refractivity contribution in [3.05, 3.63) is 146 Å². The molecule has 1 amide bonds. The van der Waals surface area contributed by atoms with Gasteiger partial charge in [-0.3, -0.25) is 4.79 Å². The van der Waals surface area contributed by atoms with Gasteiger partial charge in [0.2, 0.25) is 5.91 Å². The first-order valence-corrected chi connectivity index (χ1v) is 31.5. The van der Waals surface area contributed by atoms with Gasteiger partial charge in [-0.15, -0.1) is 0 Å². The maximum absolute atomic E-state index is 12.5. The summed E-state index contributed by atoms with van der Waals surface area (Å²) in [5.41, 5.74) is 0. The number of carbonyl (C=O) groups excluding carboxylic acids is 1. The molecule has 2 atom stereocenters. The Balaban J connectivity index is 3.67. The van der Waals surface area contributed by atoms with Crippen LogP contribution in [0.25, 0.3) is 0 Å². The van der Waals surface area contributed by atoms with Crippen LogP contribution < -0.4 is 5.32 Å². The molecule has 75 heavy (non-hydrogen) atoms. The molecule has 426 valence electrons. The lowest BCUT2D eigenvalue weighted by molar-refractivity contribution is -0.123. The number of amides is 1. The van der Waals surface area contributed by atoms with Gasteiger partial charge in [0.1, 0.15) is 0 Å². The van der Waals surface area contributed by atoms with Crippen molar-refractivity contribution in [2.24, 2.45) is 0 Å². The first kappa shape index (κ1) is 71.3. The summed E-state index contributed by atoms with van der Waals surface area (Å²) in [6.45, 7) is 4.19. The third-order valence-corrected chi connectivity index (χ3v) is 13.6. The third kappa shape index (κ3) is 61.0. The highest BCUT2D eigenvalue weighted by atomic mass is 16.3. The molecule has 0 saturated heterocycles. The van der Waals surface area contributed by atoms with Crippen molar-refractivity contribution in [2.45, 2.75) is 289 Å². The van der Waals surface area contributed by atoms with Crippen molar-refractivity contribution in [3.63, 3.8) is 0 Å². The van der Waals surface area contributed by atoms with Crippen molar-refractivity contribution in [2.75, 3.05) is 6.61 Å². The number of carbonyl (C=O) groups is 1. The normalized spacial score (nSPS) is 13.8. The summed E-state index contributed by atoms with van der Waals surface area (Å²) in [6.07, 6.45) is 102. The minimum Gasteiger partial charge on any atom is -0.394 e. The Bertz CT molecular complexity index is 1550. The predicted octanol–water partition coefficient (Wildman–Crippen LogP) is 21.5. The maximum atomic E-state index is 12.5. The van der Waals surface area contributed by atoms with Gasteiger partial charge < -0.3 is 15.5 Å². The summed E-state index contributed by atoms with van der Waals surface area (Å²) in [4.78, 5) is 12.5. The first-order chi connectivity index (χ1) is 37.2. The molecular formula is C71H119NO3. The quantitative estimate of drug-likeness (QED) is 0.0420. The van der Waals surface area contributed by atoms with E-state index in [-0.39, 0.29) is 12.5 Å². The van der Waals surface area contributed by atoms with Crippen LogP contribution >= 0.6 is 0 Å². The number of unbranched alkanes of at least 4 members (excludes halogenated alkanes) is 27. The molecule has 0 aromatic rings. The Morgan fingerprint density at radius 1 is 0.333 bits per heavy atom. The highest BCUT2D eigenvalue weighted by Crippen LogP contribution is 2.16. The van der Waals surface area contributed by atoms with E-state index in [0.717, 1.165) is 109 Å². The molecule has 0 aromatic heterocycles. The number of hydrogen-bond donors (Lipinski definition) is 3. The zero-order chi connectivity index (χ0) is 54.1. The Labute approximate surface area is 465 Å². The highest BCUT2D eigenvalue weighted by Gasteiger charge is 2.18. The average Bonchev–Trinajstić information content (AvgIpc) is 3.41. The number of nitrogens with one attached hydrogen (secondary N) is 1. The van der Waals surface area contributed by atoms with Crippen molar-refractivity contribution in [3.8, 4) is 0 Å². The van der Waals surface area contributed by atoms with Crippen molar-refractivity contribution < 1.29 is 15.0 Å². The highest BCUT2D eigenvalue weighted by molar-refractivity contribution is 5.76. The largest absolute Gasteiger partial charge is 0.394 e. The van der Waals surface area contributed by atoms with E-state index in [0.29, 0.717) is 6.42 Å². The molecule has 4 nitrogen and oxygen atoms in total. The van der Waals surface area contributed by atoms with Crippen LogP contribution in [0.1, 0.15) is 277 Å². The molecule has 0 aliphatic carbocycles. The van der Waals surface area contributed by atoms with Crippen LogP contribution in [0.5, 0.6) is 0 Å². The van der Waals surface area contributed by atoms with Gasteiger partial charge in [0.15, 0.2) is 0 Å². The van der Waals surface area contributed by atoms with Gasteiger partial charge in [0.25, 0.3) is 0 Å². The van der Waals surface area contributed by atoms with Gasteiger partial charge in [-0.25, -0.2) is 0 Å². The fraction of sp³-hybridized carbons (Fsp3) is 0.648. The molecule has 0 bridgehead atoms. The molecule has 3 N–H and O–H groups in total. The van der Waals surface area contributed by atoms with Crippen LogP contribution in [-0.4, -0.2) is 34.9 Å². The smallest absolute Gasteiger partial charge is 0.220 e. The molecule has 0 spiro atoms. The molecule has 0 saturated carbocycles. The van der Waals surface area contributed by atoms with Crippen LogP contribution in [0, 0.1) is 0 Å². The van der Waals surface area contributed by atoms with Crippen LogP contribution in [0.3, 0.4) is 0 Å². The molecular weight excluding hydrogens is 915 g/mol. The Morgan fingerprint density at radius 3 is 0.880 bits per heavy atom. The van der Waals surface area contributed by atoms with Gasteiger partial charge in [-0.2, -0.15) is 0 Å². The number of hydrogen-bond acceptors (Lipinski definition) is 3. The predicted molar refractivity (Wildman–Crippen MR) is 335 cm³/mol. The Hall–Kier alpha value is -3.73. The van der Waals surface area contributed by atoms with Crippen LogP contribution in [0.4, 0.5) is 0 Å². The molecule has 2 unspecified atom stereocenters. The van der Waals surface area contributed by atoms with E-state index in [2.05, 4.69) is 153 Å². The van der Waals surface area contributed by atoms with E-state index in [1.807, 2.05) is 6.08 Å². The second kappa shape index (κ2) is 64.6. The number of allylic oxidation sites excluding steroid dienone is 23. The second-order valence-electron chi connectivity index (χ2n) is 20.7. The monoisotopic (exact) mass is 1030 g/mol. The Morgan fingerprint density at radius 2 is 0.587 bits per heavy atom. The number of aliphatic hydroxyl groups is 2. The summed E-state index contributed by atoms with van der Waals surface area (Å²) in [5.74, 6) is -0.0992. The number of rotatable bonds is 56. The maximum Gasteiger partial charge on any atom is 0.220 e. The topological polar surface area (TPSA) is 69.6 Å². The SMILES string of the molecule is CC/C=C\C/C=C\C/C=C\C/C=C\C/C=C\C/C=C\C/C=C\C/C=C\C/C=C\C/C=C\C/C=C\CCCCCC(=O)NC(CO)C(O)/C=C/CCCCCCCCCCCCCCCCCCCCCCCCCC. The molecule has 0 aliphatic rings. The van der Waals surface area contributed by atoms with Crippen LogP contribution in [-0.2, 0) is 4.79 Å². The van der Waals surface area contributed by atoms with Crippen LogP contribution in [0.2, 0.25) is 0 Å². The lowest BCUT2D eigenvalue weighted by atomic mass is 10.0. The molecule has 0 aromatic carbocycles. The summed E-state index contributed by atoms with van der Waals surface area (Å²) in [6, 6.07) is -0.653. The van der Waals surface area contributed by atoms with Gasteiger partial charge in [-0.1, -0.05) is 314 Å². The summed E-state index contributed by atoms with van der Waals surface area (Å²) < 4.78 is 0. The summed E-state index contributed by atoms with van der Waals surface area (Å²) >= 11 is 0. The summed E-state index contributed by atoms with van der Waals surface area (Å²) in [5, 5.41) is 23.2. The Kier molecular flexibility index (Phi) is 61.3. The fourth-order valence-corrected chi connectivity index (χ4v) is 8.83. The molecule has 0 fully saturated rings.